The van der Waals surface area contributed by atoms with E-state index in [-0.39, 0.29) is 35.5 Å². The number of aromatic nitrogens is 3. The van der Waals surface area contributed by atoms with Crippen molar-refractivity contribution >= 4 is 50.2 Å². The molecule has 1 atom stereocenters. The summed E-state index contributed by atoms with van der Waals surface area (Å²) in [5.74, 6) is 0.400. The number of nitrogens with zero attached hydrogens (tertiary/aromatic N) is 4. The summed E-state index contributed by atoms with van der Waals surface area (Å²) >= 11 is 6.97. The standard InChI is InChI=1S/C28H32ClN5O5S/c1-3-24(35)33-13-5-4-6-20(17-33)34-26-22(31-28(34)32-27(36)19-9-12-30-18(2)16-19)7-8-23(25(26)29)39-21-10-14-40(37,38)15-11-21/h3,7-9,12,16,20-21H,1,4-6,10-11,13-15,17H2,2H3,(H,31,32,36)/t20-/m1/s1. The van der Waals surface area contributed by atoms with Crippen LogP contribution in [0.5, 0.6) is 5.75 Å². The summed E-state index contributed by atoms with van der Waals surface area (Å²) in [6, 6.07) is 6.61. The minimum Gasteiger partial charge on any atom is -0.489 e. The molecule has 1 aromatic carbocycles. The van der Waals surface area contributed by atoms with Gasteiger partial charge in [0, 0.05) is 30.5 Å². The minimum atomic E-state index is -3.04. The van der Waals surface area contributed by atoms with Crippen LogP contribution in [0.4, 0.5) is 5.95 Å². The van der Waals surface area contributed by atoms with E-state index in [0.29, 0.717) is 64.9 Å². The number of carbonyl (C=O) groups excluding carboxylic acids is 2. The summed E-state index contributed by atoms with van der Waals surface area (Å²) in [7, 11) is -3.04. The molecule has 0 aliphatic carbocycles. The second-order valence-corrected chi connectivity index (χ2v) is 13.0. The Morgan fingerprint density at radius 1 is 1.18 bits per heavy atom. The van der Waals surface area contributed by atoms with Gasteiger partial charge in [0.05, 0.1) is 28.6 Å². The van der Waals surface area contributed by atoms with Gasteiger partial charge in [0.15, 0.2) is 9.84 Å². The van der Waals surface area contributed by atoms with Crippen molar-refractivity contribution in [2.75, 3.05) is 29.9 Å². The first-order valence-corrected chi connectivity index (χ1v) is 15.6. The number of sulfone groups is 1. The maximum Gasteiger partial charge on any atom is 0.258 e. The first-order valence-electron chi connectivity index (χ1n) is 13.4. The Morgan fingerprint density at radius 3 is 2.67 bits per heavy atom. The lowest BCUT2D eigenvalue weighted by Gasteiger charge is -2.27. The number of aryl methyl sites for hydroxylation is 1. The highest BCUT2D eigenvalue weighted by molar-refractivity contribution is 7.91. The van der Waals surface area contributed by atoms with Crippen LogP contribution in [0, 0.1) is 6.92 Å². The van der Waals surface area contributed by atoms with Gasteiger partial charge < -0.3 is 14.2 Å². The molecule has 2 saturated heterocycles. The van der Waals surface area contributed by atoms with Crippen molar-refractivity contribution in [2.24, 2.45) is 0 Å². The van der Waals surface area contributed by atoms with E-state index < -0.39 is 9.84 Å². The third-order valence-corrected chi connectivity index (χ3v) is 9.51. The summed E-state index contributed by atoms with van der Waals surface area (Å²) in [4.78, 5) is 36.5. The minimum absolute atomic E-state index is 0.0787. The zero-order valence-electron chi connectivity index (χ0n) is 22.3. The van der Waals surface area contributed by atoms with Crippen LogP contribution < -0.4 is 10.1 Å². The monoisotopic (exact) mass is 585 g/mol. The third kappa shape index (κ3) is 6.00. The Bertz CT molecular complexity index is 1560. The van der Waals surface area contributed by atoms with Crippen molar-refractivity contribution in [2.45, 2.75) is 51.2 Å². The molecular weight excluding hydrogens is 554 g/mol. The number of likely N-dealkylation sites (tertiary alicyclic amines) is 1. The molecule has 2 aliphatic rings. The Labute approximate surface area is 238 Å². The topological polar surface area (TPSA) is 123 Å². The van der Waals surface area contributed by atoms with Gasteiger partial charge in [-0.25, -0.2) is 13.4 Å². The van der Waals surface area contributed by atoms with Gasteiger partial charge in [-0.15, -0.1) is 0 Å². The number of benzene rings is 1. The quantitative estimate of drug-likeness (QED) is 0.427. The molecule has 2 fully saturated rings. The van der Waals surface area contributed by atoms with Crippen LogP contribution in [0.15, 0.2) is 43.1 Å². The number of hydrogen-bond donors (Lipinski definition) is 1. The number of nitrogens with one attached hydrogen (secondary N) is 1. The molecule has 10 nitrogen and oxygen atoms in total. The first kappa shape index (κ1) is 28.1. The zero-order chi connectivity index (χ0) is 28.4. The van der Waals surface area contributed by atoms with Gasteiger partial charge in [-0.1, -0.05) is 18.2 Å². The van der Waals surface area contributed by atoms with Crippen molar-refractivity contribution < 1.29 is 22.7 Å². The molecule has 0 bridgehead atoms. The van der Waals surface area contributed by atoms with E-state index in [1.54, 1.807) is 35.4 Å². The summed E-state index contributed by atoms with van der Waals surface area (Å²) < 4.78 is 31.9. The number of carbonyl (C=O) groups is 2. The number of rotatable bonds is 6. The van der Waals surface area contributed by atoms with Crippen LogP contribution in [-0.4, -0.2) is 70.4 Å². The molecule has 2 aliphatic heterocycles. The number of imidazole rings is 1. The molecule has 40 heavy (non-hydrogen) atoms. The maximum atomic E-state index is 13.3. The molecule has 0 unspecified atom stereocenters. The largest absolute Gasteiger partial charge is 0.489 e. The molecule has 2 amide bonds. The fourth-order valence-electron chi connectivity index (χ4n) is 5.35. The smallest absolute Gasteiger partial charge is 0.258 e. The fraction of sp³-hybridized carbons (Fsp3) is 0.429. The highest BCUT2D eigenvalue weighted by Crippen LogP contribution is 2.39. The number of hydrogen-bond acceptors (Lipinski definition) is 7. The lowest BCUT2D eigenvalue weighted by molar-refractivity contribution is -0.126. The Morgan fingerprint density at radius 2 is 1.95 bits per heavy atom. The molecule has 12 heteroatoms. The predicted molar refractivity (Wildman–Crippen MR) is 154 cm³/mol. The summed E-state index contributed by atoms with van der Waals surface area (Å²) in [6.45, 7) is 6.46. The lowest BCUT2D eigenvalue weighted by atomic mass is 10.1. The number of halogens is 1. The molecule has 3 aromatic rings. The summed E-state index contributed by atoms with van der Waals surface area (Å²) in [5, 5.41) is 3.28. The Hall–Kier alpha value is -3.44. The second-order valence-electron chi connectivity index (χ2n) is 10.3. The normalized spacial score (nSPS) is 19.6. The van der Waals surface area contributed by atoms with Gasteiger partial charge >= 0.3 is 0 Å². The number of anilines is 1. The summed E-state index contributed by atoms with van der Waals surface area (Å²) in [6.07, 6.45) is 5.85. The van der Waals surface area contributed by atoms with Crippen molar-refractivity contribution in [3.8, 4) is 5.75 Å². The molecule has 4 heterocycles. The Balaban J connectivity index is 1.56. The van der Waals surface area contributed by atoms with Gasteiger partial charge in [0.2, 0.25) is 11.9 Å². The molecule has 1 N–H and O–H groups in total. The van der Waals surface area contributed by atoms with Crippen LogP contribution in [-0.2, 0) is 14.6 Å². The Kier molecular flexibility index (Phi) is 8.14. The van der Waals surface area contributed by atoms with Crippen molar-refractivity contribution in [1.82, 2.24) is 19.4 Å². The zero-order valence-corrected chi connectivity index (χ0v) is 23.9. The van der Waals surface area contributed by atoms with E-state index in [0.717, 1.165) is 19.3 Å². The molecular formula is C28H32ClN5O5S. The second kappa shape index (κ2) is 11.6. The first-order chi connectivity index (χ1) is 19.1. The van der Waals surface area contributed by atoms with E-state index in [1.807, 2.05) is 11.5 Å². The molecule has 0 spiro atoms. The van der Waals surface area contributed by atoms with Gasteiger partial charge in [-0.2, -0.15) is 0 Å². The average Bonchev–Trinajstić information content (AvgIpc) is 3.11. The SMILES string of the molecule is C=CC(=O)N1CCCC[C@@H](n2c(NC(=O)c3ccnc(C)c3)nc3ccc(OC4CCS(=O)(=O)CC4)c(Cl)c32)C1. The predicted octanol–water partition coefficient (Wildman–Crippen LogP) is 4.34. The lowest BCUT2D eigenvalue weighted by Crippen LogP contribution is -2.34. The maximum absolute atomic E-state index is 13.3. The average molecular weight is 586 g/mol. The number of pyridine rings is 1. The van der Waals surface area contributed by atoms with Gasteiger partial charge in [-0.05, 0) is 69.4 Å². The molecule has 2 aromatic heterocycles. The van der Waals surface area contributed by atoms with Crippen LogP contribution in [0.1, 0.15) is 54.2 Å². The summed E-state index contributed by atoms with van der Waals surface area (Å²) in [5.41, 5.74) is 2.30. The molecule has 0 saturated carbocycles. The number of ether oxygens (including phenoxy) is 1. The van der Waals surface area contributed by atoms with Crippen LogP contribution >= 0.6 is 11.6 Å². The van der Waals surface area contributed by atoms with Gasteiger partial charge in [0.25, 0.3) is 5.91 Å². The molecule has 0 radical (unpaired) electrons. The van der Waals surface area contributed by atoms with E-state index in [9.17, 15) is 18.0 Å². The van der Waals surface area contributed by atoms with Crippen LogP contribution in [0.25, 0.3) is 11.0 Å². The highest BCUT2D eigenvalue weighted by Gasteiger charge is 2.30. The van der Waals surface area contributed by atoms with Crippen molar-refractivity contribution in [3.63, 3.8) is 0 Å². The fourth-order valence-corrected chi connectivity index (χ4v) is 7.09. The number of fused-ring (bicyclic) bond motifs is 1. The van der Waals surface area contributed by atoms with Crippen LogP contribution in [0.3, 0.4) is 0 Å². The van der Waals surface area contributed by atoms with E-state index in [2.05, 4.69) is 16.9 Å². The van der Waals surface area contributed by atoms with Crippen molar-refractivity contribution in [1.29, 1.82) is 0 Å². The number of amides is 2. The van der Waals surface area contributed by atoms with Crippen LogP contribution in [0.2, 0.25) is 5.02 Å². The van der Waals surface area contributed by atoms with E-state index in [1.165, 1.54) is 6.08 Å². The third-order valence-electron chi connectivity index (χ3n) is 7.43. The molecule has 5 rings (SSSR count). The van der Waals surface area contributed by atoms with Gasteiger partial charge in [-0.3, -0.25) is 19.9 Å². The van der Waals surface area contributed by atoms with E-state index >= 15 is 0 Å². The highest BCUT2D eigenvalue weighted by atomic mass is 35.5. The van der Waals surface area contributed by atoms with Gasteiger partial charge in [0.1, 0.15) is 16.9 Å². The molecule has 212 valence electrons. The van der Waals surface area contributed by atoms with Crippen molar-refractivity contribution in [3.05, 3.63) is 59.4 Å². The van der Waals surface area contributed by atoms with E-state index in [4.69, 9.17) is 21.3 Å².